The van der Waals surface area contributed by atoms with Gasteiger partial charge in [0.25, 0.3) is 0 Å². The molecular weight excluding hydrogens is 314 g/mol. The number of aliphatic hydroxyl groups is 3. The van der Waals surface area contributed by atoms with Gasteiger partial charge < -0.3 is 25.8 Å². The maximum atomic E-state index is 12.1. The summed E-state index contributed by atoms with van der Waals surface area (Å²) in [6, 6.07) is 9.51. The standard InChI is InChI=1S/C16H19N3O5/c17-14-10(6-9-4-2-1-3-5-9)7-19(16(23)18-14)15-13(22)12(21)11(8-20)24-15/h1-5,7,11-13,15,20-22H,6,8H2,(H2,17,18,23)/t11-,12+,13-,15-/m1/s1. The number of nitrogens with zero attached hydrogens (tertiary/aromatic N) is 2. The molecule has 0 radical (unpaired) electrons. The zero-order valence-electron chi connectivity index (χ0n) is 12.8. The van der Waals surface area contributed by atoms with Gasteiger partial charge >= 0.3 is 5.69 Å². The minimum atomic E-state index is -1.35. The highest BCUT2D eigenvalue weighted by Crippen LogP contribution is 2.28. The Morgan fingerprint density at radius 3 is 2.54 bits per heavy atom. The van der Waals surface area contributed by atoms with Crippen molar-refractivity contribution in [2.45, 2.75) is 31.0 Å². The molecule has 1 saturated heterocycles. The van der Waals surface area contributed by atoms with Gasteiger partial charge in [-0.1, -0.05) is 30.3 Å². The van der Waals surface area contributed by atoms with Crippen LogP contribution < -0.4 is 11.4 Å². The van der Waals surface area contributed by atoms with E-state index in [9.17, 15) is 15.0 Å². The van der Waals surface area contributed by atoms with E-state index in [0.29, 0.717) is 12.0 Å². The van der Waals surface area contributed by atoms with Crippen molar-refractivity contribution in [2.75, 3.05) is 12.3 Å². The van der Waals surface area contributed by atoms with Gasteiger partial charge in [0.2, 0.25) is 0 Å². The van der Waals surface area contributed by atoms with Crippen LogP contribution in [0.1, 0.15) is 17.4 Å². The smallest absolute Gasteiger partial charge is 0.351 e. The number of anilines is 1. The summed E-state index contributed by atoms with van der Waals surface area (Å²) < 4.78 is 6.47. The topological polar surface area (TPSA) is 131 Å². The molecular formula is C16H19N3O5. The van der Waals surface area contributed by atoms with Gasteiger partial charge in [0.15, 0.2) is 6.23 Å². The van der Waals surface area contributed by atoms with Crippen LogP contribution in [0.4, 0.5) is 5.82 Å². The van der Waals surface area contributed by atoms with Gasteiger partial charge in [0.05, 0.1) is 6.61 Å². The molecule has 1 aliphatic heterocycles. The molecule has 4 atom stereocenters. The summed E-state index contributed by atoms with van der Waals surface area (Å²) >= 11 is 0. The maximum Gasteiger partial charge on any atom is 0.351 e. The van der Waals surface area contributed by atoms with Gasteiger partial charge in [-0.25, -0.2) is 4.79 Å². The second-order valence-corrected chi connectivity index (χ2v) is 5.73. The average molecular weight is 333 g/mol. The van der Waals surface area contributed by atoms with Crippen molar-refractivity contribution in [3.8, 4) is 0 Å². The number of aromatic nitrogens is 2. The van der Waals surface area contributed by atoms with Gasteiger partial charge in [0.1, 0.15) is 24.1 Å². The van der Waals surface area contributed by atoms with E-state index in [1.165, 1.54) is 6.20 Å². The van der Waals surface area contributed by atoms with Crippen LogP contribution in [0.3, 0.4) is 0 Å². The van der Waals surface area contributed by atoms with E-state index in [1.807, 2.05) is 30.3 Å². The molecule has 0 amide bonds. The molecule has 1 fully saturated rings. The summed E-state index contributed by atoms with van der Waals surface area (Å²) in [5.74, 6) is 0.104. The third-order valence-corrected chi connectivity index (χ3v) is 4.09. The highest BCUT2D eigenvalue weighted by molar-refractivity contribution is 5.40. The van der Waals surface area contributed by atoms with Crippen molar-refractivity contribution < 1.29 is 20.1 Å². The Kier molecular flexibility index (Phi) is 4.63. The third kappa shape index (κ3) is 3.04. The van der Waals surface area contributed by atoms with E-state index in [-0.39, 0.29) is 5.82 Å². The van der Waals surface area contributed by atoms with Crippen LogP contribution in [-0.2, 0) is 11.2 Å². The van der Waals surface area contributed by atoms with E-state index in [4.69, 9.17) is 15.6 Å². The fourth-order valence-electron chi connectivity index (χ4n) is 2.77. The first-order valence-corrected chi connectivity index (χ1v) is 7.55. The number of benzene rings is 1. The molecule has 1 aromatic carbocycles. The van der Waals surface area contributed by atoms with Crippen molar-refractivity contribution >= 4 is 5.82 Å². The van der Waals surface area contributed by atoms with Crippen molar-refractivity contribution in [1.29, 1.82) is 0 Å². The Hall–Kier alpha value is -2.26. The number of hydrogen-bond donors (Lipinski definition) is 4. The Bertz CT molecular complexity index is 764. The minimum absolute atomic E-state index is 0.104. The first kappa shape index (κ1) is 16.6. The van der Waals surface area contributed by atoms with E-state index >= 15 is 0 Å². The highest BCUT2D eigenvalue weighted by Gasteiger charge is 2.43. The van der Waals surface area contributed by atoms with Crippen LogP contribution in [0.2, 0.25) is 0 Å². The molecule has 0 saturated carbocycles. The Balaban J connectivity index is 1.94. The lowest BCUT2D eigenvalue weighted by molar-refractivity contribution is -0.0550. The number of nitrogen functional groups attached to an aromatic ring is 1. The van der Waals surface area contributed by atoms with Gasteiger partial charge in [-0.05, 0) is 5.56 Å². The zero-order valence-corrected chi connectivity index (χ0v) is 12.8. The molecule has 1 aliphatic rings. The molecule has 8 nitrogen and oxygen atoms in total. The molecule has 24 heavy (non-hydrogen) atoms. The van der Waals surface area contributed by atoms with Crippen LogP contribution in [-0.4, -0.2) is 49.8 Å². The fraction of sp³-hybridized carbons (Fsp3) is 0.375. The summed E-state index contributed by atoms with van der Waals surface area (Å²) in [6.45, 7) is -0.469. The number of rotatable bonds is 4. The van der Waals surface area contributed by atoms with E-state index in [1.54, 1.807) is 0 Å². The summed E-state index contributed by atoms with van der Waals surface area (Å²) in [4.78, 5) is 15.9. The number of ether oxygens (including phenoxy) is 1. The monoisotopic (exact) mass is 333 g/mol. The average Bonchev–Trinajstić information content (AvgIpc) is 2.86. The molecule has 1 aromatic heterocycles. The second-order valence-electron chi connectivity index (χ2n) is 5.73. The zero-order chi connectivity index (χ0) is 17.3. The van der Waals surface area contributed by atoms with E-state index in [2.05, 4.69) is 4.98 Å². The van der Waals surface area contributed by atoms with Crippen molar-refractivity contribution in [1.82, 2.24) is 9.55 Å². The van der Waals surface area contributed by atoms with Crippen LogP contribution in [0, 0.1) is 0 Å². The lowest BCUT2D eigenvalue weighted by atomic mass is 10.1. The predicted molar refractivity (Wildman–Crippen MR) is 85.2 cm³/mol. The molecule has 5 N–H and O–H groups in total. The van der Waals surface area contributed by atoms with E-state index in [0.717, 1.165) is 10.1 Å². The van der Waals surface area contributed by atoms with Crippen LogP contribution in [0.25, 0.3) is 0 Å². The Morgan fingerprint density at radius 2 is 1.92 bits per heavy atom. The van der Waals surface area contributed by atoms with Crippen LogP contribution in [0.15, 0.2) is 41.3 Å². The molecule has 0 spiro atoms. The molecule has 2 heterocycles. The first-order chi connectivity index (χ1) is 11.5. The fourth-order valence-corrected chi connectivity index (χ4v) is 2.77. The SMILES string of the molecule is Nc1nc(=O)n([C@@H]2O[C@H](CO)[C@H](O)[C@H]2O)cc1Cc1ccccc1. The molecule has 0 aliphatic carbocycles. The highest BCUT2D eigenvalue weighted by atomic mass is 16.6. The molecule has 128 valence electrons. The summed E-state index contributed by atoms with van der Waals surface area (Å²) in [5, 5.41) is 29.1. The molecule has 8 heteroatoms. The first-order valence-electron chi connectivity index (χ1n) is 7.55. The van der Waals surface area contributed by atoms with Crippen LogP contribution in [0.5, 0.6) is 0 Å². The quantitative estimate of drug-likeness (QED) is 0.566. The Morgan fingerprint density at radius 1 is 1.21 bits per heavy atom. The lowest BCUT2D eigenvalue weighted by Gasteiger charge is -2.18. The van der Waals surface area contributed by atoms with E-state index < -0.39 is 36.8 Å². The van der Waals surface area contributed by atoms with Crippen LogP contribution >= 0.6 is 0 Å². The number of hydrogen-bond acceptors (Lipinski definition) is 7. The van der Waals surface area contributed by atoms with Gasteiger partial charge in [-0.2, -0.15) is 4.98 Å². The van der Waals surface area contributed by atoms with Gasteiger partial charge in [-0.3, -0.25) is 4.57 Å². The molecule has 0 unspecified atom stereocenters. The predicted octanol–water partition coefficient (Wildman–Crippen LogP) is -0.972. The number of nitrogens with two attached hydrogens (primary N) is 1. The minimum Gasteiger partial charge on any atom is -0.394 e. The summed E-state index contributed by atoms with van der Waals surface area (Å²) in [5.41, 5.74) is 6.72. The maximum absolute atomic E-state index is 12.1. The summed E-state index contributed by atoms with van der Waals surface area (Å²) in [7, 11) is 0. The molecule has 2 aromatic rings. The Labute approximate surface area is 137 Å². The van der Waals surface area contributed by atoms with Crippen molar-refractivity contribution in [3.63, 3.8) is 0 Å². The second kappa shape index (κ2) is 6.70. The lowest BCUT2D eigenvalue weighted by Crippen LogP contribution is -2.36. The largest absolute Gasteiger partial charge is 0.394 e. The normalized spacial score (nSPS) is 26.6. The van der Waals surface area contributed by atoms with Crippen molar-refractivity contribution in [2.24, 2.45) is 0 Å². The van der Waals surface area contributed by atoms with Gasteiger partial charge in [0, 0.05) is 18.2 Å². The molecule has 0 bridgehead atoms. The van der Waals surface area contributed by atoms with Crippen molar-refractivity contribution in [3.05, 3.63) is 58.1 Å². The molecule has 3 rings (SSSR count). The number of aliphatic hydroxyl groups excluding tert-OH is 3. The third-order valence-electron chi connectivity index (χ3n) is 4.09. The summed E-state index contributed by atoms with van der Waals surface area (Å²) in [6.07, 6.45) is -2.82. The van der Waals surface area contributed by atoms with Gasteiger partial charge in [-0.15, -0.1) is 0 Å².